The van der Waals surface area contributed by atoms with Crippen molar-refractivity contribution < 1.29 is 19.1 Å². The Morgan fingerprint density at radius 2 is 2.07 bits per heavy atom. The number of hydrogen-bond donors (Lipinski definition) is 1. The minimum Gasteiger partial charge on any atom is -0.396 e. The summed E-state index contributed by atoms with van der Waals surface area (Å²) in [6.07, 6.45) is 5.42. The van der Waals surface area contributed by atoms with E-state index in [0.717, 1.165) is 24.8 Å². The van der Waals surface area contributed by atoms with Gasteiger partial charge in [0.05, 0.1) is 4.91 Å². The predicted molar refractivity (Wildman–Crippen MR) is 112 cm³/mol. The maximum absolute atomic E-state index is 13.0. The zero-order valence-corrected chi connectivity index (χ0v) is 17.1. The number of carbonyl (C=O) groups excluding carboxylic acids is 2. The molecule has 5 nitrogen and oxygen atoms in total. The SMILES string of the molecule is O=C1/C(=C\c2ccc(F)cc2)SC(=S)N1CCC(=O)N1CCCC[C@H]1CCO. The highest BCUT2D eigenvalue weighted by Crippen LogP contribution is 2.33. The molecule has 2 heterocycles. The number of piperidine rings is 1. The third-order valence-corrected chi connectivity index (χ3v) is 6.38. The van der Waals surface area contributed by atoms with E-state index >= 15 is 0 Å². The number of rotatable bonds is 6. The Morgan fingerprint density at radius 1 is 1.32 bits per heavy atom. The summed E-state index contributed by atoms with van der Waals surface area (Å²) in [6, 6.07) is 5.96. The third kappa shape index (κ3) is 4.98. The van der Waals surface area contributed by atoms with E-state index in [1.165, 1.54) is 28.8 Å². The lowest BCUT2D eigenvalue weighted by atomic mass is 9.99. The van der Waals surface area contributed by atoms with E-state index < -0.39 is 0 Å². The molecule has 0 spiro atoms. The van der Waals surface area contributed by atoms with E-state index in [4.69, 9.17) is 12.2 Å². The molecule has 0 bridgehead atoms. The van der Waals surface area contributed by atoms with Crippen LogP contribution in [-0.2, 0) is 9.59 Å². The van der Waals surface area contributed by atoms with E-state index in [1.807, 2.05) is 4.90 Å². The molecule has 2 aliphatic heterocycles. The van der Waals surface area contributed by atoms with E-state index in [9.17, 15) is 19.1 Å². The minimum absolute atomic E-state index is 0.00489. The molecular formula is C20H23FN2O3S2. The summed E-state index contributed by atoms with van der Waals surface area (Å²) in [4.78, 5) is 29.1. The van der Waals surface area contributed by atoms with Crippen molar-refractivity contribution in [3.63, 3.8) is 0 Å². The third-order valence-electron chi connectivity index (χ3n) is 5.00. The van der Waals surface area contributed by atoms with Gasteiger partial charge >= 0.3 is 0 Å². The number of benzene rings is 1. The highest BCUT2D eigenvalue weighted by Gasteiger charge is 2.33. The van der Waals surface area contributed by atoms with Crippen LogP contribution in [0.4, 0.5) is 4.39 Å². The van der Waals surface area contributed by atoms with Crippen LogP contribution in [0.5, 0.6) is 0 Å². The number of aliphatic hydroxyl groups excluding tert-OH is 1. The molecule has 150 valence electrons. The number of thiocarbonyl (C=S) groups is 1. The van der Waals surface area contributed by atoms with Crippen LogP contribution in [0.15, 0.2) is 29.2 Å². The van der Waals surface area contributed by atoms with Gasteiger partial charge in [-0.1, -0.05) is 36.1 Å². The van der Waals surface area contributed by atoms with Crippen molar-refractivity contribution in [3.05, 3.63) is 40.6 Å². The zero-order chi connectivity index (χ0) is 20.1. The van der Waals surface area contributed by atoms with Gasteiger partial charge in [-0.3, -0.25) is 14.5 Å². The fourth-order valence-electron chi connectivity index (χ4n) is 3.53. The van der Waals surface area contributed by atoms with E-state index in [2.05, 4.69) is 0 Å². The lowest BCUT2D eigenvalue weighted by Crippen LogP contribution is -2.45. The Balaban J connectivity index is 1.61. The molecule has 28 heavy (non-hydrogen) atoms. The molecule has 1 N–H and O–H groups in total. The normalized spacial score (nSPS) is 21.6. The van der Waals surface area contributed by atoms with Crippen molar-refractivity contribution in [2.24, 2.45) is 0 Å². The lowest BCUT2D eigenvalue weighted by molar-refractivity contribution is -0.135. The molecule has 1 atom stereocenters. The van der Waals surface area contributed by atoms with E-state index in [0.29, 0.717) is 22.2 Å². The Labute approximate surface area is 173 Å². The average molecular weight is 423 g/mol. The smallest absolute Gasteiger partial charge is 0.266 e. The van der Waals surface area contributed by atoms with Gasteiger partial charge in [-0.15, -0.1) is 0 Å². The molecule has 1 aromatic rings. The quantitative estimate of drug-likeness (QED) is 0.564. The first-order valence-corrected chi connectivity index (χ1v) is 10.6. The molecule has 2 saturated heterocycles. The summed E-state index contributed by atoms with van der Waals surface area (Å²) in [6.45, 7) is 1.01. The van der Waals surface area contributed by atoms with Gasteiger partial charge in [-0.2, -0.15) is 0 Å². The molecule has 0 aromatic heterocycles. The molecule has 0 radical (unpaired) electrons. The van der Waals surface area contributed by atoms with Crippen LogP contribution in [0.25, 0.3) is 6.08 Å². The van der Waals surface area contributed by atoms with Crippen LogP contribution in [0, 0.1) is 5.82 Å². The maximum Gasteiger partial charge on any atom is 0.266 e. The number of halogens is 1. The van der Waals surface area contributed by atoms with Crippen molar-refractivity contribution in [1.82, 2.24) is 9.80 Å². The molecular weight excluding hydrogens is 399 g/mol. The lowest BCUT2D eigenvalue weighted by Gasteiger charge is -2.36. The second-order valence-corrected chi connectivity index (χ2v) is 8.56. The van der Waals surface area contributed by atoms with Crippen molar-refractivity contribution in [1.29, 1.82) is 0 Å². The van der Waals surface area contributed by atoms with Crippen LogP contribution in [0.3, 0.4) is 0 Å². The van der Waals surface area contributed by atoms with Crippen LogP contribution >= 0.6 is 24.0 Å². The van der Waals surface area contributed by atoms with E-state index in [1.54, 1.807) is 18.2 Å². The predicted octanol–water partition coefficient (Wildman–Crippen LogP) is 3.18. The summed E-state index contributed by atoms with van der Waals surface area (Å²) >= 11 is 6.51. The minimum atomic E-state index is -0.333. The second-order valence-electron chi connectivity index (χ2n) is 6.88. The number of thioether (sulfide) groups is 1. The highest BCUT2D eigenvalue weighted by atomic mass is 32.2. The number of nitrogens with zero attached hydrogens (tertiary/aromatic N) is 2. The molecule has 2 aliphatic rings. The fourth-order valence-corrected chi connectivity index (χ4v) is 4.84. The Morgan fingerprint density at radius 3 is 2.79 bits per heavy atom. The number of amides is 2. The fraction of sp³-hybridized carbons (Fsp3) is 0.450. The van der Waals surface area contributed by atoms with Crippen LogP contribution in [0.2, 0.25) is 0 Å². The summed E-state index contributed by atoms with van der Waals surface area (Å²) in [7, 11) is 0. The topological polar surface area (TPSA) is 60.9 Å². The van der Waals surface area contributed by atoms with Crippen molar-refractivity contribution >= 4 is 46.2 Å². The Bertz CT molecular complexity index is 780. The van der Waals surface area contributed by atoms with E-state index in [-0.39, 0.29) is 43.2 Å². The molecule has 2 fully saturated rings. The van der Waals surface area contributed by atoms with Gasteiger partial charge in [0.2, 0.25) is 5.91 Å². The Kier molecular flexibility index (Phi) is 7.20. The van der Waals surface area contributed by atoms with Gasteiger partial charge in [0, 0.05) is 32.2 Å². The van der Waals surface area contributed by atoms with Gasteiger partial charge < -0.3 is 10.0 Å². The summed E-state index contributed by atoms with van der Waals surface area (Å²) in [5.41, 5.74) is 0.720. The first kappa shape index (κ1) is 21.0. The summed E-state index contributed by atoms with van der Waals surface area (Å²) in [5, 5.41) is 9.22. The largest absolute Gasteiger partial charge is 0.396 e. The molecule has 0 aliphatic carbocycles. The number of aliphatic hydroxyl groups is 1. The maximum atomic E-state index is 13.0. The molecule has 2 amide bonds. The molecule has 0 unspecified atom stereocenters. The van der Waals surface area contributed by atoms with Gasteiger partial charge in [0.25, 0.3) is 5.91 Å². The summed E-state index contributed by atoms with van der Waals surface area (Å²) in [5.74, 6) is -0.562. The molecule has 1 aromatic carbocycles. The van der Waals surface area contributed by atoms with Gasteiger partial charge in [-0.25, -0.2) is 4.39 Å². The summed E-state index contributed by atoms with van der Waals surface area (Å²) < 4.78 is 13.5. The molecule has 0 saturated carbocycles. The van der Waals surface area contributed by atoms with Crippen LogP contribution in [0.1, 0.15) is 37.7 Å². The van der Waals surface area contributed by atoms with Crippen molar-refractivity contribution in [2.45, 2.75) is 38.1 Å². The van der Waals surface area contributed by atoms with Crippen molar-refractivity contribution in [3.8, 4) is 0 Å². The highest BCUT2D eigenvalue weighted by molar-refractivity contribution is 8.26. The number of hydrogen-bond acceptors (Lipinski definition) is 5. The van der Waals surface area contributed by atoms with Gasteiger partial charge in [-0.05, 0) is 49.5 Å². The van der Waals surface area contributed by atoms with Crippen LogP contribution in [-0.4, -0.2) is 56.8 Å². The molecule has 3 rings (SSSR count). The van der Waals surface area contributed by atoms with Gasteiger partial charge in [0.15, 0.2) is 0 Å². The Hall–Kier alpha value is -1.77. The number of carbonyl (C=O) groups is 2. The average Bonchev–Trinajstić information content (AvgIpc) is 2.95. The number of likely N-dealkylation sites (tertiary alicyclic amines) is 1. The van der Waals surface area contributed by atoms with Gasteiger partial charge in [0.1, 0.15) is 10.1 Å². The van der Waals surface area contributed by atoms with Crippen molar-refractivity contribution in [2.75, 3.05) is 19.7 Å². The first-order valence-electron chi connectivity index (χ1n) is 9.41. The standard InChI is InChI=1S/C20H23FN2O3S2/c21-15-6-4-14(5-7-15)13-17-19(26)23(20(27)28-17)11-8-18(25)22-10-2-1-3-16(22)9-12-24/h4-7,13,16,24H,1-3,8-12H2/b17-13+/t16-/m0/s1. The van der Waals surface area contributed by atoms with Crippen LogP contribution < -0.4 is 0 Å². The second kappa shape index (κ2) is 9.62. The first-order chi connectivity index (χ1) is 13.5. The monoisotopic (exact) mass is 422 g/mol. The zero-order valence-electron chi connectivity index (χ0n) is 15.5. The molecule has 8 heteroatoms.